The molecule has 1 unspecified atom stereocenters. The second-order valence-corrected chi connectivity index (χ2v) is 5.24. The average Bonchev–Trinajstić information content (AvgIpc) is 2.99. The predicted molar refractivity (Wildman–Crippen MR) is 72.7 cm³/mol. The molecule has 0 aromatic carbocycles. The Morgan fingerprint density at radius 1 is 1.18 bits per heavy atom. The highest BCUT2D eigenvalue weighted by Gasteiger charge is 2.17. The summed E-state index contributed by atoms with van der Waals surface area (Å²) in [5.74, 6) is 2.06. The van der Waals surface area contributed by atoms with Gasteiger partial charge in [-0.05, 0) is 37.7 Å². The van der Waals surface area contributed by atoms with E-state index in [-0.39, 0.29) is 6.04 Å². The van der Waals surface area contributed by atoms with Crippen LogP contribution in [-0.2, 0) is 12.8 Å². The van der Waals surface area contributed by atoms with E-state index < -0.39 is 0 Å². The molecule has 2 rings (SSSR count). The van der Waals surface area contributed by atoms with Crippen LogP contribution >= 0.6 is 11.3 Å². The number of hydrogen-bond donors (Lipinski definition) is 1. The number of nitrogens with one attached hydrogen (secondary N) is 1. The second kappa shape index (κ2) is 5.52. The molecule has 2 nitrogen and oxygen atoms in total. The molecule has 1 atom stereocenters. The highest BCUT2D eigenvalue weighted by Crippen LogP contribution is 2.29. The summed E-state index contributed by atoms with van der Waals surface area (Å²) in [4.78, 5) is 2.74. The van der Waals surface area contributed by atoms with Crippen molar-refractivity contribution in [3.05, 3.63) is 45.5 Å². The summed E-state index contributed by atoms with van der Waals surface area (Å²) in [6, 6.07) is 8.72. The quantitative estimate of drug-likeness (QED) is 0.872. The van der Waals surface area contributed by atoms with Crippen LogP contribution in [-0.4, -0.2) is 7.05 Å². The zero-order chi connectivity index (χ0) is 12.3. The fourth-order valence-electron chi connectivity index (χ4n) is 1.90. The van der Waals surface area contributed by atoms with Gasteiger partial charge in [0.15, 0.2) is 0 Å². The van der Waals surface area contributed by atoms with E-state index in [4.69, 9.17) is 4.42 Å². The number of aryl methyl sites for hydroxylation is 2. The van der Waals surface area contributed by atoms with Crippen LogP contribution in [0, 0.1) is 0 Å². The van der Waals surface area contributed by atoms with Crippen LogP contribution < -0.4 is 5.32 Å². The molecule has 92 valence electrons. The first-order valence-electron chi connectivity index (χ1n) is 6.13. The molecule has 2 aromatic heterocycles. The monoisotopic (exact) mass is 249 g/mol. The molecule has 0 spiro atoms. The third-order valence-corrected chi connectivity index (χ3v) is 4.21. The van der Waals surface area contributed by atoms with Gasteiger partial charge in [-0.25, -0.2) is 0 Å². The Morgan fingerprint density at radius 3 is 2.53 bits per heavy atom. The van der Waals surface area contributed by atoms with Crippen molar-refractivity contribution in [1.29, 1.82) is 0 Å². The van der Waals surface area contributed by atoms with Crippen LogP contribution in [0.5, 0.6) is 0 Å². The number of hydrogen-bond acceptors (Lipinski definition) is 3. The van der Waals surface area contributed by atoms with Gasteiger partial charge >= 0.3 is 0 Å². The van der Waals surface area contributed by atoms with Gasteiger partial charge in [-0.15, -0.1) is 11.3 Å². The van der Waals surface area contributed by atoms with Gasteiger partial charge in [0.2, 0.25) is 0 Å². The molecule has 0 amide bonds. The van der Waals surface area contributed by atoms with E-state index in [9.17, 15) is 0 Å². The summed E-state index contributed by atoms with van der Waals surface area (Å²) < 4.78 is 5.83. The van der Waals surface area contributed by atoms with Crippen molar-refractivity contribution in [1.82, 2.24) is 5.32 Å². The molecule has 0 aliphatic carbocycles. The fourth-order valence-corrected chi connectivity index (χ4v) is 2.98. The van der Waals surface area contributed by atoms with Crippen molar-refractivity contribution >= 4 is 11.3 Å². The van der Waals surface area contributed by atoms with Crippen LogP contribution in [0.3, 0.4) is 0 Å². The Kier molecular flexibility index (Phi) is 4.02. The van der Waals surface area contributed by atoms with Crippen molar-refractivity contribution in [2.75, 3.05) is 7.05 Å². The summed E-state index contributed by atoms with van der Waals surface area (Å²) in [6.07, 6.45) is 2.04. The van der Waals surface area contributed by atoms with Crippen molar-refractivity contribution in [2.45, 2.75) is 32.7 Å². The predicted octanol–water partition coefficient (Wildman–Crippen LogP) is 3.77. The first-order valence-corrected chi connectivity index (χ1v) is 6.94. The normalized spacial score (nSPS) is 12.9. The minimum absolute atomic E-state index is 0.181. The van der Waals surface area contributed by atoms with Gasteiger partial charge in [-0.2, -0.15) is 0 Å². The Labute approximate surface area is 107 Å². The summed E-state index contributed by atoms with van der Waals surface area (Å²) in [5, 5.41) is 3.33. The van der Waals surface area contributed by atoms with Crippen molar-refractivity contribution < 1.29 is 4.42 Å². The van der Waals surface area contributed by atoms with E-state index >= 15 is 0 Å². The van der Waals surface area contributed by atoms with E-state index in [1.807, 2.05) is 18.4 Å². The maximum Gasteiger partial charge on any atom is 0.126 e. The zero-order valence-corrected chi connectivity index (χ0v) is 11.4. The molecule has 0 aliphatic heterocycles. The molecule has 2 aromatic rings. The standard InChI is InChI=1S/C14H19NOS/c1-4-10-6-8-12(16-10)14(15-3)13-9-7-11(5-2)17-13/h6-9,14-15H,4-5H2,1-3H3. The number of thiophene rings is 1. The zero-order valence-electron chi connectivity index (χ0n) is 10.6. The molecule has 17 heavy (non-hydrogen) atoms. The fraction of sp³-hybridized carbons (Fsp3) is 0.429. The van der Waals surface area contributed by atoms with Crippen LogP contribution in [0.2, 0.25) is 0 Å². The van der Waals surface area contributed by atoms with E-state index in [1.54, 1.807) is 0 Å². The van der Waals surface area contributed by atoms with Gasteiger partial charge in [-0.1, -0.05) is 13.8 Å². The lowest BCUT2D eigenvalue weighted by atomic mass is 10.2. The molecule has 0 bridgehead atoms. The van der Waals surface area contributed by atoms with E-state index in [2.05, 4.69) is 43.4 Å². The number of furan rings is 1. The highest BCUT2D eigenvalue weighted by atomic mass is 32.1. The second-order valence-electron chi connectivity index (χ2n) is 4.04. The average molecular weight is 249 g/mol. The van der Waals surface area contributed by atoms with E-state index in [0.29, 0.717) is 0 Å². The third-order valence-electron chi connectivity index (χ3n) is 2.92. The maximum atomic E-state index is 5.83. The summed E-state index contributed by atoms with van der Waals surface area (Å²) in [5.41, 5.74) is 0. The van der Waals surface area contributed by atoms with Gasteiger partial charge in [0.1, 0.15) is 17.6 Å². The smallest absolute Gasteiger partial charge is 0.126 e. The minimum Gasteiger partial charge on any atom is -0.464 e. The van der Waals surface area contributed by atoms with Crippen LogP contribution in [0.15, 0.2) is 28.7 Å². The summed E-state index contributed by atoms with van der Waals surface area (Å²) in [6.45, 7) is 4.30. The Morgan fingerprint density at radius 2 is 2.00 bits per heavy atom. The van der Waals surface area contributed by atoms with Gasteiger partial charge in [-0.3, -0.25) is 0 Å². The van der Waals surface area contributed by atoms with Gasteiger partial charge in [0, 0.05) is 16.2 Å². The lowest BCUT2D eigenvalue weighted by molar-refractivity contribution is 0.436. The maximum absolute atomic E-state index is 5.83. The lowest BCUT2D eigenvalue weighted by Gasteiger charge is -2.11. The van der Waals surface area contributed by atoms with Gasteiger partial charge in [0.05, 0.1) is 0 Å². The van der Waals surface area contributed by atoms with Crippen LogP contribution in [0.25, 0.3) is 0 Å². The molecule has 0 aliphatic rings. The molecular formula is C14H19NOS. The molecule has 1 N–H and O–H groups in total. The SMILES string of the molecule is CCc1ccc(C(NC)c2ccc(CC)s2)o1. The minimum atomic E-state index is 0.181. The van der Waals surface area contributed by atoms with Gasteiger partial charge in [0.25, 0.3) is 0 Å². The van der Waals surface area contributed by atoms with Crippen molar-refractivity contribution in [2.24, 2.45) is 0 Å². The van der Waals surface area contributed by atoms with Crippen LogP contribution in [0.4, 0.5) is 0 Å². The molecule has 0 saturated heterocycles. The Balaban J connectivity index is 2.26. The largest absolute Gasteiger partial charge is 0.464 e. The van der Waals surface area contributed by atoms with Gasteiger partial charge < -0.3 is 9.73 Å². The summed E-state index contributed by atoms with van der Waals surface area (Å²) >= 11 is 1.85. The number of rotatable bonds is 5. The molecule has 3 heteroatoms. The van der Waals surface area contributed by atoms with E-state index in [1.165, 1.54) is 9.75 Å². The van der Waals surface area contributed by atoms with E-state index in [0.717, 1.165) is 24.4 Å². The topological polar surface area (TPSA) is 25.2 Å². The third kappa shape index (κ3) is 2.61. The van der Waals surface area contributed by atoms with Crippen LogP contribution in [0.1, 0.15) is 41.2 Å². The lowest BCUT2D eigenvalue weighted by Crippen LogP contribution is -2.15. The van der Waals surface area contributed by atoms with Crippen molar-refractivity contribution in [3.63, 3.8) is 0 Å². The highest BCUT2D eigenvalue weighted by molar-refractivity contribution is 7.12. The molecule has 0 saturated carbocycles. The first-order chi connectivity index (χ1) is 8.28. The molecule has 0 fully saturated rings. The molecular weight excluding hydrogens is 230 g/mol. The molecule has 2 heterocycles. The molecule has 0 radical (unpaired) electrons. The first kappa shape index (κ1) is 12.4. The van der Waals surface area contributed by atoms with Crippen molar-refractivity contribution in [3.8, 4) is 0 Å². The Bertz CT molecular complexity index is 430. The summed E-state index contributed by atoms with van der Waals surface area (Å²) in [7, 11) is 1.98. The Hall–Kier alpha value is -1.06.